The summed E-state index contributed by atoms with van der Waals surface area (Å²) in [6.45, 7) is 0. The van der Waals surface area contributed by atoms with E-state index < -0.39 is 15.8 Å². The molecule has 1 aromatic heterocycles. The van der Waals surface area contributed by atoms with E-state index in [1.54, 1.807) is 18.2 Å². The van der Waals surface area contributed by atoms with Gasteiger partial charge in [0.1, 0.15) is 5.82 Å². The summed E-state index contributed by atoms with van der Waals surface area (Å²) in [7, 11) is -3.94. The molecule has 0 bridgehead atoms. The SMILES string of the molecule is O=C(Nc1nc2cc(NS(=O)(=O)c3ccc(F)c(Cl)c3)ccc2s1)C1CCCCC1. The first kappa shape index (κ1) is 21.0. The first-order valence-corrected chi connectivity index (χ1v) is 12.2. The van der Waals surface area contributed by atoms with E-state index in [9.17, 15) is 17.6 Å². The topological polar surface area (TPSA) is 88.2 Å². The van der Waals surface area contributed by atoms with Crippen molar-refractivity contribution in [2.75, 3.05) is 10.0 Å². The summed E-state index contributed by atoms with van der Waals surface area (Å²) in [6, 6.07) is 8.13. The summed E-state index contributed by atoms with van der Waals surface area (Å²) in [5, 5.41) is 3.11. The van der Waals surface area contributed by atoms with Gasteiger partial charge < -0.3 is 5.32 Å². The lowest BCUT2D eigenvalue weighted by Crippen LogP contribution is -2.24. The number of hydrogen-bond acceptors (Lipinski definition) is 5. The number of amides is 1. The Morgan fingerprint density at radius 2 is 1.90 bits per heavy atom. The van der Waals surface area contributed by atoms with Gasteiger partial charge in [-0.25, -0.2) is 17.8 Å². The van der Waals surface area contributed by atoms with Crippen molar-refractivity contribution in [2.45, 2.75) is 37.0 Å². The molecule has 0 saturated heterocycles. The minimum Gasteiger partial charge on any atom is -0.302 e. The van der Waals surface area contributed by atoms with Gasteiger partial charge in [-0.3, -0.25) is 9.52 Å². The Labute approximate surface area is 182 Å². The van der Waals surface area contributed by atoms with Crippen molar-refractivity contribution in [3.63, 3.8) is 0 Å². The van der Waals surface area contributed by atoms with Gasteiger partial charge in [0.2, 0.25) is 5.91 Å². The molecule has 1 amide bonds. The van der Waals surface area contributed by atoms with Crippen LogP contribution in [0.1, 0.15) is 32.1 Å². The van der Waals surface area contributed by atoms with E-state index in [2.05, 4.69) is 15.0 Å². The van der Waals surface area contributed by atoms with Crippen LogP contribution in [0.4, 0.5) is 15.2 Å². The highest BCUT2D eigenvalue weighted by atomic mass is 35.5. The van der Waals surface area contributed by atoms with Crippen LogP contribution < -0.4 is 10.0 Å². The number of thiazole rings is 1. The fourth-order valence-corrected chi connectivity index (χ4v) is 5.64. The smallest absolute Gasteiger partial charge is 0.261 e. The van der Waals surface area contributed by atoms with E-state index in [0.29, 0.717) is 16.3 Å². The van der Waals surface area contributed by atoms with Gasteiger partial charge in [-0.05, 0) is 49.2 Å². The molecule has 0 atom stereocenters. The Kier molecular flexibility index (Phi) is 5.95. The maximum Gasteiger partial charge on any atom is 0.261 e. The van der Waals surface area contributed by atoms with Crippen LogP contribution in [0.25, 0.3) is 10.2 Å². The van der Waals surface area contributed by atoms with E-state index in [1.165, 1.54) is 17.8 Å². The number of benzene rings is 2. The van der Waals surface area contributed by atoms with Gasteiger partial charge in [-0.2, -0.15) is 0 Å². The number of halogens is 2. The molecule has 0 unspecified atom stereocenters. The molecule has 0 aliphatic heterocycles. The summed E-state index contributed by atoms with van der Waals surface area (Å²) in [4.78, 5) is 16.7. The summed E-state index contributed by atoms with van der Waals surface area (Å²) >= 11 is 7.03. The summed E-state index contributed by atoms with van der Waals surface area (Å²) < 4.78 is 41.7. The van der Waals surface area contributed by atoms with Gasteiger partial charge in [0, 0.05) is 5.92 Å². The zero-order chi connectivity index (χ0) is 21.3. The third-order valence-corrected chi connectivity index (χ3v) is 7.67. The Morgan fingerprint density at radius 3 is 2.63 bits per heavy atom. The van der Waals surface area contributed by atoms with Crippen LogP contribution in [0.15, 0.2) is 41.3 Å². The molecule has 1 aliphatic carbocycles. The highest BCUT2D eigenvalue weighted by Crippen LogP contribution is 2.31. The molecular formula is C20H19ClFN3O3S2. The zero-order valence-corrected chi connectivity index (χ0v) is 18.2. The Bertz CT molecular complexity index is 1210. The number of carbonyl (C=O) groups excluding carboxylic acids is 1. The number of fused-ring (bicyclic) bond motifs is 1. The largest absolute Gasteiger partial charge is 0.302 e. The summed E-state index contributed by atoms with van der Waals surface area (Å²) in [5.41, 5.74) is 0.870. The van der Waals surface area contributed by atoms with Crippen LogP contribution in [0.2, 0.25) is 5.02 Å². The molecule has 2 N–H and O–H groups in total. The second-order valence-corrected chi connectivity index (χ2v) is 10.3. The predicted molar refractivity (Wildman–Crippen MR) is 117 cm³/mol. The summed E-state index contributed by atoms with van der Waals surface area (Å²) in [5.74, 6) is -0.680. The van der Waals surface area contributed by atoms with Gasteiger partial charge >= 0.3 is 0 Å². The maximum absolute atomic E-state index is 13.3. The second-order valence-electron chi connectivity index (χ2n) is 7.21. The summed E-state index contributed by atoms with van der Waals surface area (Å²) in [6.07, 6.45) is 5.11. The number of sulfonamides is 1. The first-order valence-electron chi connectivity index (χ1n) is 9.51. The number of hydrogen-bond donors (Lipinski definition) is 2. The van der Waals surface area contributed by atoms with E-state index in [0.717, 1.165) is 48.6 Å². The second kappa shape index (κ2) is 8.49. The van der Waals surface area contributed by atoms with Crippen LogP contribution >= 0.6 is 22.9 Å². The molecule has 2 aromatic carbocycles. The van der Waals surface area contributed by atoms with Crippen LogP contribution in [-0.4, -0.2) is 19.3 Å². The van der Waals surface area contributed by atoms with E-state index in [-0.39, 0.29) is 21.7 Å². The van der Waals surface area contributed by atoms with Crippen molar-refractivity contribution in [2.24, 2.45) is 5.92 Å². The highest BCUT2D eigenvalue weighted by Gasteiger charge is 2.22. The van der Waals surface area contributed by atoms with E-state index in [4.69, 9.17) is 11.6 Å². The Morgan fingerprint density at radius 1 is 1.13 bits per heavy atom. The number of nitrogens with zero attached hydrogens (tertiary/aromatic N) is 1. The highest BCUT2D eigenvalue weighted by molar-refractivity contribution is 7.92. The normalized spacial score (nSPS) is 15.3. The van der Waals surface area contributed by atoms with Gasteiger partial charge in [-0.15, -0.1) is 0 Å². The molecule has 1 fully saturated rings. The van der Waals surface area contributed by atoms with Gasteiger partial charge in [0.25, 0.3) is 10.0 Å². The molecule has 1 heterocycles. The zero-order valence-electron chi connectivity index (χ0n) is 15.8. The van der Waals surface area contributed by atoms with Gasteiger partial charge in [0.05, 0.1) is 25.8 Å². The van der Waals surface area contributed by atoms with Crippen molar-refractivity contribution < 1.29 is 17.6 Å². The fourth-order valence-electron chi connectivity index (χ4n) is 3.47. The monoisotopic (exact) mass is 467 g/mol. The van der Waals surface area contributed by atoms with Crippen LogP contribution in [0, 0.1) is 11.7 Å². The minimum atomic E-state index is -3.94. The molecule has 1 saturated carbocycles. The Balaban J connectivity index is 1.52. The Hall–Kier alpha value is -2.23. The predicted octanol–water partition coefficient (Wildman–Crippen LogP) is 5.41. The van der Waals surface area contributed by atoms with Crippen molar-refractivity contribution in [3.05, 3.63) is 47.2 Å². The average Bonchev–Trinajstić information content (AvgIpc) is 3.11. The number of nitrogens with one attached hydrogen (secondary N) is 2. The van der Waals surface area contributed by atoms with Crippen molar-refractivity contribution >= 4 is 59.9 Å². The first-order chi connectivity index (χ1) is 14.3. The quantitative estimate of drug-likeness (QED) is 0.525. The molecule has 1 aliphatic rings. The van der Waals surface area contributed by atoms with Gasteiger partial charge in [0.15, 0.2) is 5.13 Å². The van der Waals surface area contributed by atoms with Gasteiger partial charge in [-0.1, -0.05) is 42.2 Å². The number of aromatic nitrogens is 1. The van der Waals surface area contributed by atoms with Crippen molar-refractivity contribution in [3.8, 4) is 0 Å². The average molecular weight is 468 g/mol. The minimum absolute atomic E-state index is 0.0112. The molecule has 3 aromatic rings. The van der Waals surface area contributed by atoms with Crippen molar-refractivity contribution in [1.29, 1.82) is 0 Å². The van der Waals surface area contributed by atoms with Crippen molar-refractivity contribution in [1.82, 2.24) is 4.98 Å². The molecule has 0 spiro atoms. The third kappa shape index (κ3) is 4.58. The van der Waals surface area contributed by atoms with Crippen LogP contribution in [0.3, 0.4) is 0 Å². The molecule has 0 radical (unpaired) electrons. The molecule has 6 nitrogen and oxygen atoms in total. The van der Waals surface area contributed by atoms with E-state index in [1.807, 2.05) is 0 Å². The van der Waals surface area contributed by atoms with Crippen LogP contribution in [-0.2, 0) is 14.8 Å². The van der Waals surface area contributed by atoms with E-state index >= 15 is 0 Å². The standard InChI is InChI=1S/C20H19ClFN3O3S2/c21-15-11-14(7-8-16(15)22)30(27,28)25-13-6-9-18-17(10-13)23-20(29-18)24-19(26)12-4-2-1-3-5-12/h6-12,25H,1-5H2,(H,23,24,26). The lowest BCUT2D eigenvalue weighted by atomic mass is 9.89. The fraction of sp³-hybridized carbons (Fsp3) is 0.300. The lowest BCUT2D eigenvalue weighted by Gasteiger charge is -2.19. The number of anilines is 2. The molecule has 30 heavy (non-hydrogen) atoms. The van der Waals surface area contributed by atoms with Crippen LogP contribution in [0.5, 0.6) is 0 Å². The third-order valence-electron chi connectivity index (χ3n) is 5.05. The number of rotatable bonds is 5. The molecular weight excluding hydrogens is 449 g/mol. The lowest BCUT2D eigenvalue weighted by molar-refractivity contribution is -0.120. The maximum atomic E-state index is 13.3. The number of carbonyl (C=O) groups is 1. The molecule has 4 rings (SSSR count). The molecule has 10 heteroatoms. The molecule has 158 valence electrons.